The smallest absolute Gasteiger partial charge is 0.315 e. The number of Topliss-reactive ketones (excluding diaryl/α,β-unsaturated/α-hetero) is 1. The summed E-state index contributed by atoms with van der Waals surface area (Å²) >= 11 is 1.34. The molecule has 0 aliphatic carbocycles. The van der Waals surface area contributed by atoms with Crippen LogP contribution in [0.1, 0.15) is 60.7 Å². The maximum absolute atomic E-state index is 13.0. The first-order valence-electron chi connectivity index (χ1n) is 10.1. The molecule has 0 heterocycles. The average molecular weight is 399 g/mol. The molecule has 2 rings (SSSR count). The van der Waals surface area contributed by atoms with E-state index in [9.17, 15) is 9.59 Å². The maximum atomic E-state index is 13.0. The molecule has 0 aliphatic rings. The van der Waals surface area contributed by atoms with Crippen LogP contribution in [0.2, 0.25) is 0 Å². The largest absolute Gasteiger partial charge is 0.465 e. The second-order valence-electron chi connectivity index (χ2n) is 6.93. The molecule has 0 radical (unpaired) electrons. The van der Waals surface area contributed by atoms with E-state index < -0.39 is 5.25 Å². The fourth-order valence-corrected chi connectivity index (χ4v) is 4.03. The number of rotatable bonds is 12. The van der Waals surface area contributed by atoms with E-state index >= 15 is 0 Å². The van der Waals surface area contributed by atoms with Gasteiger partial charge < -0.3 is 4.74 Å². The van der Waals surface area contributed by atoms with Gasteiger partial charge in [0.15, 0.2) is 5.78 Å². The highest BCUT2D eigenvalue weighted by molar-refractivity contribution is 8.00. The molecule has 0 spiro atoms. The molecular weight excluding hydrogens is 368 g/mol. The molecule has 150 valence electrons. The number of ether oxygens (including phenoxy) is 1. The van der Waals surface area contributed by atoms with Crippen LogP contribution in [0.15, 0.2) is 60.7 Å². The molecule has 4 heteroatoms. The summed E-state index contributed by atoms with van der Waals surface area (Å²) < 4.78 is 5.49. The minimum Gasteiger partial charge on any atom is -0.465 e. The van der Waals surface area contributed by atoms with Gasteiger partial charge in [0.2, 0.25) is 0 Å². The molecular formula is C24H30O3S. The first kappa shape index (κ1) is 22.2. The van der Waals surface area contributed by atoms with Gasteiger partial charge in [0, 0.05) is 5.56 Å². The Kier molecular flexibility index (Phi) is 9.84. The molecule has 2 atom stereocenters. The Bertz CT molecular complexity index is 715. The average Bonchev–Trinajstić information content (AvgIpc) is 2.75. The number of ketones is 1. The minimum atomic E-state index is -0.418. The van der Waals surface area contributed by atoms with E-state index in [1.807, 2.05) is 60.7 Å². The van der Waals surface area contributed by atoms with Crippen molar-refractivity contribution >= 4 is 23.5 Å². The maximum Gasteiger partial charge on any atom is 0.315 e. The van der Waals surface area contributed by atoms with E-state index in [-0.39, 0.29) is 17.5 Å². The molecule has 0 amide bonds. The first-order chi connectivity index (χ1) is 13.7. The fourth-order valence-electron chi connectivity index (χ4n) is 3.01. The van der Waals surface area contributed by atoms with Gasteiger partial charge in [0.1, 0.15) is 0 Å². The van der Waals surface area contributed by atoms with Crippen molar-refractivity contribution in [2.24, 2.45) is 5.92 Å². The van der Waals surface area contributed by atoms with Gasteiger partial charge in [-0.15, -0.1) is 11.8 Å². The van der Waals surface area contributed by atoms with Crippen molar-refractivity contribution < 1.29 is 14.3 Å². The molecule has 2 aromatic carbocycles. The molecule has 0 saturated carbocycles. The lowest BCUT2D eigenvalue weighted by molar-refractivity contribution is -0.141. The lowest BCUT2D eigenvalue weighted by atomic mass is 10.0. The van der Waals surface area contributed by atoms with Gasteiger partial charge in [-0.1, -0.05) is 93.8 Å². The molecule has 0 N–H and O–H groups in total. The highest BCUT2D eigenvalue weighted by Crippen LogP contribution is 2.32. The molecule has 0 bridgehead atoms. The second-order valence-corrected chi connectivity index (χ2v) is 8.02. The van der Waals surface area contributed by atoms with E-state index in [2.05, 4.69) is 13.8 Å². The topological polar surface area (TPSA) is 43.4 Å². The number of carbonyl (C=O) groups excluding carboxylic acids is 2. The number of hydrogen-bond acceptors (Lipinski definition) is 4. The van der Waals surface area contributed by atoms with Crippen LogP contribution < -0.4 is 0 Å². The summed E-state index contributed by atoms with van der Waals surface area (Å²) in [5.74, 6) is 0.355. The summed E-state index contributed by atoms with van der Waals surface area (Å²) in [6, 6.07) is 18.9. The van der Waals surface area contributed by atoms with Gasteiger partial charge in [-0.25, -0.2) is 0 Å². The molecule has 0 fully saturated rings. The van der Waals surface area contributed by atoms with Crippen molar-refractivity contribution in [2.45, 2.75) is 44.8 Å². The third kappa shape index (κ3) is 7.16. The van der Waals surface area contributed by atoms with Gasteiger partial charge in [-0.3, -0.25) is 9.59 Å². The van der Waals surface area contributed by atoms with Crippen LogP contribution in [-0.2, 0) is 9.53 Å². The van der Waals surface area contributed by atoms with E-state index in [1.54, 1.807) is 0 Å². The van der Waals surface area contributed by atoms with E-state index in [1.165, 1.54) is 11.8 Å². The molecule has 2 aromatic rings. The zero-order chi connectivity index (χ0) is 20.2. The molecule has 28 heavy (non-hydrogen) atoms. The van der Waals surface area contributed by atoms with Crippen LogP contribution in [0.4, 0.5) is 0 Å². The summed E-state index contributed by atoms with van der Waals surface area (Å²) in [7, 11) is 0. The number of thioether (sulfide) groups is 1. The Morgan fingerprint density at radius 1 is 0.964 bits per heavy atom. The van der Waals surface area contributed by atoms with Crippen LogP contribution in [0.25, 0.3) is 0 Å². The van der Waals surface area contributed by atoms with Crippen LogP contribution >= 0.6 is 11.8 Å². The number of unbranched alkanes of at least 4 members (excludes halogenated alkanes) is 1. The van der Waals surface area contributed by atoms with Gasteiger partial charge in [-0.05, 0) is 17.9 Å². The SMILES string of the molecule is CCCC[C@@H](CC)COC(=O)CS[C@H](C(=O)c1ccccc1)c1ccccc1. The monoisotopic (exact) mass is 398 g/mol. The summed E-state index contributed by atoms with van der Waals surface area (Å²) in [5, 5.41) is -0.418. The van der Waals surface area contributed by atoms with Crippen molar-refractivity contribution in [1.29, 1.82) is 0 Å². The first-order valence-corrected chi connectivity index (χ1v) is 11.1. The predicted molar refractivity (Wildman–Crippen MR) is 117 cm³/mol. The zero-order valence-corrected chi connectivity index (χ0v) is 17.6. The van der Waals surface area contributed by atoms with Crippen LogP contribution in [0.5, 0.6) is 0 Å². The van der Waals surface area contributed by atoms with Gasteiger partial charge in [0.05, 0.1) is 17.6 Å². The highest BCUT2D eigenvalue weighted by atomic mass is 32.2. The van der Waals surface area contributed by atoms with Crippen molar-refractivity contribution in [1.82, 2.24) is 0 Å². The van der Waals surface area contributed by atoms with Crippen molar-refractivity contribution in [3.05, 3.63) is 71.8 Å². The van der Waals surface area contributed by atoms with Crippen molar-refractivity contribution in [2.75, 3.05) is 12.4 Å². The number of benzene rings is 2. The van der Waals surface area contributed by atoms with Gasteiger partial charge >= 0.3 is 5.97 Å². The zero-order valence-electron chi connectivity index (χ0n) is 16.8. The predicted octanol–water partition coefficient (Wildman–Crippen LogP) is 6.10. The van der Waals surface area contributed by atoms with E-state index in [0.29, 0.717) is 18.1 Å². The minimum absolute atomic E-state index is 0.0129. The third-order valence-corrected chi connectivity index (χ3v) is 6.01. The summed E-state index contributed by atoms with van der Waals surface area (Å²) in [6.07, 6.45) is 4.42. The lowest BCUT2D eigenvalue weighted by Gasteiger charge is -2.17. The molecule has 0 unspecified atom stereocenters. The standard InChI is InChI=1S/C24H30O3S/c1-3-5-12-19(4-2)17-27-22(25)18-28-24(21-15-10-7-11-16-21)23(26)20-13-8-6-9-14-20/h6-11,13-16,19,24H,3-5,12,17-18H2,1-2H3/t19-,24+/m1/s1. The van der Waals surface area contributed by atoms with Gasteiger partial charge in [-0.2, -0.15) is 0 Å². The second kappa shape index (κ2) is 12.4. The molecule has 3 nitrogen and oxygen atoms in total. The number of carbonyl (C=O) groups is 2. The van der Waals surface area contributed by atoms with Crippen LogP contribution in [0.3, 0.4) is 0 Å². The fraction of sp³-hybridized carbons (Fsp3) is 0.417. The molecule has 0 aromatic heterocycles. The Morgan fingerprint density at radius 3 is 2.21 bits per heavy atom. The van der Waals surface area contributed by atoms with Crippen LogP contribution in [-0.4, -0.2) is 24.1 Å². The third-order valence-electron chi connectivity index (χ3n) is 4.79. The van der Waals surface area contributed by atoms with Crippen molar-refractivity contribution in [3.63, 3.8) is 0 Å². The molecule has 0 aliphatic heterocycles. The van der Waals surface area contributed by atoms with Crippen molar-refractivity contribution in [3.8, 4) is 0 Å². The quantitative estimate of drug-likeness (QED) is 0.320. The van der Waals surface area contributed by atoms with E-state index in [0.717, 1.165) is 31.2 Å². The Balaban J connectivity index is 1.97. The Morgan fingerprint density at radius 2 is 1.61 bits per heavy atom. The van der Waals surface area contributed by atoms with Crippen LogP contribution in [0, 0.1) is 5.92 Å². The highest BCUT2D eigenvalue weighted by Gasteiger charge is 2.24. The molecule has 0 saturated heterocycles. The number of esters is 1. The lowest BCUT2D eigenvalue weighted by Crippen LogP contribution is -2.17. The summed E-state index contributed by atoms with van der Waals surface area (Å²) in [6.45, 7) is 4.77. The van der Waals surface area contributed by atoms with E-state index in [4.69, 9.17) is 4.74 Å². The summed E-state index contributed by atoms with van der Waals surface area (Å²) in [4.78, 5) is 25.3. The Labute approximate surface area is 172 Å². The Hall–Kier alpha value is -2.07. The number of hydrogen-bond donors (Lipinski definition) is 0. The van der Waals surface area contributed by atoms with Gasteiger partial charge in [0.25, 0.3) is 0 Å². The normalized spacial score (nSPS) is 12.9. The summed E-state index contributed by atoms with van der Waals surface area (Å²) in [5.41, 5.74) is 1.56.